The van der Waals surface area contributed by atoms with Crippen LogP contribution in [0.15, 0.2) is 22.2 Å². The number of thiophene rings is 1. The Morgan fingerprint density at radius 1 is 1.41 bits per heavy atom. The normalized spacial score (nSPS) is 13.2. The van der Waals surface area contributed by atoms with Crippen LogP contribution >= 0.6 is 22.7 Å². The van der Waals surface area contributed by atoms with E-state index in [4.69, 9.17) is 5.73 Å². The van der Waals surface area contributed by atoms with Crippen LogP contribution in [0.4, 0.5) is 0 Å². The molecule has 1 unspecified atom stereocenters. The van der Waals surface area contributed by atoms with Crippen molar-refractivity contribution in [1.29, 1.82) is 0 Å². The Hall–Kier alpha value is -0.750. The number of nitrogens with two attached hydrogens (primary N) is 1. The molecule has 0 fully saturated rings. The molecule has 0 aliphatic heterocycles. The van der Waals surface area contributed by atoms with E-state index < -0.39 is 0 Å². The molecule has 0 saturated heterocycles. The first-order valence-corrected chi connectivity index (χ1v) is 7.37. The van der Waals surface area contributed by atoms with Gasteiger partial charge < -0.3 is 5.73 Å². The molecule has 0 radical (unpaired) electrons. The molecule has 1 atom stereocenters. The molecule has 2 aromatic rings. The third kappa shape index (κ3) is 2.93. The Labute approximate surface area is 110 Å². The van der Waals surface area contributed by atoms with Crippen molar-refractivity contribution in [3.63, 3.8) is 0 Å². The van der Waals surface area contributed by atoms with Crippen LogP contribution in [0, 0.1) is 0 Å². The zero-order chi connectivity index (χ0) is 12.3. The second-order valence-electron chi connectivity index (χ2n) is 4.14. The predicted octanol–water partition coefficient (Wildman–Crippen LogP) is 2.36. The lowest BCUT2D eigenvalue weighted by atomic mass is 10.1. The molecule has 2 N–H and O–H groups in total. The van der Waals surface area contributed by atoms with Gasteiger partial charge in [-0.25, -0.2) is 4.98 Å². The lowest BCUT2D eigenvalue weighted by molar-refractivity contribution is 0.342. The number of nitrogens with zero attached hydrogens (tertiary/aromatic N) is 2. The summed E-state index contributed by atoms with van der Waals surface area (Å²) in [5.74, 6) is 0. The molecule has 0 aliphatic rings. The highest BCUT2D eigenvalue weighted by atomic mass is 32.1. The van der Waals surface area contributed by atoms with E-state index in [1.54, 1.807) is 22.7 Å². The standard InChI is InChI=1S/C12H17N3S2/c1-15(2)11(9-4-6-16-7-9)12-14-10(3-5-13)8-17-12/h4,6-8,11H,3,5,13H2,1-2H3. The van der Waals surface area contributed by atoms with Gasteiger partial charge in [0.2, 0.25) is 0 Å². The molecule has 0 aromatic carbocycles. The Balaban J connectivity index is 2.26. The van der Waals surface area contributed by atoms with E-state index in [9.17, 15) is 0 Å². The smallest absolute Gasteiger partial charge is 0.115 e. The lowest BCUT2D eigenvalue weighted by Crippen LogP contribution is -2.20. The van der Waals surface area contributed by atoms with Crippen LogP contribution in [0.1, 0.15) is 22.3 Å². The van der Waals surface area contributed by atoms with Gasteiger partial charge in [-0.05, 0) is 43.0 Å². The highest BCUT2D eigenvalue weighted by Gasteiger charge is 2.20. The van der Waals surface area contributed by atoms with Crippen LogP contribution in [0.2, 0.25) is 0 Å². The largest absolute Gasteiger partial charge is 0.330 e. The summed E-state index contributed by atoms with van der Waals surface area (Å²) in [5, 5.41) is 7.57. The monoisotopic (exact) mass is 267 g/mol. The number of hydrogen-bond acceptors (Lipinski definition) is 5. The minimum absolute atomic E-state index is 0.262. The zero-order valence-corrected chi connectivity index (χ0v) is 11.7. The van der Waals surface area contributed by atoms with E-state index in [2.05, 4.69) is 46.2 Å². The molecule has 2 aromatic heterocycles. The molecule has 0 amide bonds. The fourth-order valence-corrected chi connectivity index (χ4v) is 3.56. The van der Waals surface area contributed by atoms with Gasteiger partial charge in [0.25, 0.3) is 0 Å². The number of rotatable bonds is 5. The maximum absolute atomic E-state index is 5.56. The fourth-order valence-electron chi connectivity index (χ4n) is 1.80. The Kier molecular flexibility index (Phi) is 4.28. The molecule has 0 aliphatic carbocycles. The average Bonchev–Trinajstić information content (AvgIpc) is 2.91. The molecule has 2 rings (SSSR count). The summed E-state index contributed by atoms with van der Waals surface area (Å²) < 4.78 is 0. The molecule has 3 nitrogen and oxygen atoms in total. The first-order chi connectivity index (χ1) is 8.22. The Morgan fingerprint density at radius 3 is 2.82 bits per heavy atom. The summed E-state index contributed by atoms with van der Waals surface area (Å²) in [6.07, 6.45) is 0.861. The predicted molar refractivity (Wildman–Crippen MR) is 74.7 cm³/mol. The average molecular weight is 267 g/mol. The van der Waals surface area contributed by atoms with Crippen LogP contribution in [0.25, 0.3) is 0 Å². The van der Waals surface area contributed by atoms with Crippen LogP contribution in [0.5, 0.6) is 0 Å². The van der Waals surface area contributed by atoms with E-state index in [-0.39, 0.29) is 6.04 Å². The van der Waals surface area contributed by atoms with E-state index in [0.29, 0.717) is 6.54 Å². The van der Waals surface area contributed by atoms with Crippen molar-refractivity contribution in [2.24, 2.45) is 5.73 Å². The van der Waals surface area contributed by atoms with Crippen molar-refractivity contribution in [1.82, 2.24) is 9.88 Å². The Bertz CT molecular complexity index is 448. The van der Waals surface area contributed by atoms with Gasteiger partial charge >= 0.3 is 0 Å². The summed E-state index contributed by atoms with van der Waals surface area (Å²) in [4.78, 5) is 6.88. The fraction of sp³-hybridized carbons (Fsp3) is 0.417. The van der Waals surface area contributed by atoms with Gasteiger partial charge in [-0.2, -0.15) is 11.3 Å². The van der Waals surface area contributed by atoms with Crippen LogP contribution in [-0.2, 0) is 6.42 Å². The topological polar surface area (TPSA) is 42.2 Å². The highest BCUT2D eigenvalue weighted by Crippen LogP contribution is 2.30. The van der Waals surface area contributed by atoms with E-state index in [1.165, 1.54) is 5.56 Å². The van der Waals surface area contributed by atoms with Gasteiger partial charge in [0.1, 0.15) is 5.01 Å². The molecule has 92 valence electrons. The number of thiazole rings is 1. The van der Waals surface area contributed by atoms with Crippen molar-refractivity contribution < 1.29 is 0 Å². The molecular formula is C12H17N3S2. The molecule has 0 saturated carbocycles. The summed E-state index contributed by atoms with van der Waals surface area (Å²) in [6, 6.07) is 2.43. The second kappa shape index (κ2) is 5.73. The minimum atomic E-state index is 0.262. The maximum Gasteiger partial charge on any atom is 0.115 e. The first-order valence-electron chi connectivity index (χ1n) is 5.55. The number of hydrogen-bond donors (Lipinski definition) is 1. The highest BCUT2D eigenvalue weighted by molar-refractivity contribution is 7.10. The quantitative estimate of drug-likeness (QED) is 0.904. The molecule has 17 heavy (non-hydrogen) atoms. The van der Waals surface area contributed by atoms with E-state index in [0.717, 1.165) is 17.1 Å². The first kappa shape index (κ1) is 12.7. The zero-order valence-electron chi connectivity index (χ0n) is 10.1. The Morgan fingerprint density at radius 2 is 2.24 bits per heavy atom. The van der Waals surface area contributed by atoms with Gasteiger partial charge in [0.05, 0.1) is 11.7 Å². The van der Waals surface area contributed by atoms with Crippen molar-refractivity contribution >= 4 is 22.7 Å². The van der Waals surface area contributed by atoms with Gasteiger partial charge in [0, 0.05) is 11.8 Å². The van der Waals surface area contributed by atoms with Gasteiger partial charge in [-0.1, -0.05) is 0 Å². The third-order valence-corrected chi connectivity index (χ3v) is 4.23. The van der Waals surface area contributed by atoms with Crippen molar-refractivity contribution in [2.75, 3.05) is 20.6 Å². The third-order valence-electron chi connectivity index (χ3n) is 2.58. The van der Waals surface area contributed by atoms with Crippen LogP contribution in [-0.4, -0.2) is 30.5 Å². The lowest BCUT2D eigenvalue weighted by Gasteiger charge is -2.21. The van der Waals surface area contributed by atoms with Crippen molar-refractivity contribution in [3.8, 4) is 0 Å². The van der Waals surface area contributed by atoms with E-state index in [1.807, 2.05) is 0 Å². The second-order valence-corrected chi connectivity index (χ2v) is 5.81. The van der Waals surface area contributed by atoms with Gasteiger partial charge in [-0.15, -0.1) is 11.3 Å². The molecule has 0 spiro atoms. The SMILES string of the molecule is CN(C)C(c1ccsc1)c1nc(CCN)cs1. The van der Waals surface area contributed by atoms with Crippen molar-refractivity contribution in [3.05, 3.63) is 38.5 Å². The maximum atomic E-state index is 5.56. The van der Waals surface area contributed by atoms with Crippen molar-refractivity contribution in [2.45, 2.75) is 12.5 Å². The summed E-state index contributed by atoms with van der Waals surface area (Å²) in [5.41, 5.74) is 7.98. The van der Waals surface area contributed by atoms with Gasteiger partial charge in [-0.3, -0.25) is 4.90 Å². The summed E-state index contributed by atoms with van der Waals surface area (Å²) in [7, 11) is 4.18. The minimum Gasteiger partial charge on any atom is -0.330 e. The molecule has 2 heterocycles. The summed E-state index contributed by atoms with van der Waals surface area (Å²) >= 11 is 3.45. The van der Waals surface area contributed by atoms with Crippen LogP contribution < -0.4 is 5.73 Å². The van der Waals surface area contributed by atoms with Gasteiger partial charge in [0.15, 0.2) is 0 Å². The number of aromatic nitrogens is 1. The van der Waals surface area contributed by atoms with E-state index >= 15 is 0 Å². The molecule has 0 bridgehead atoms. The van der Waals surface area contributed by atoms with Crippen LogP contribution in [0.3, 0.4) is 0 Å². The molecular weight excluding hydrogens is 250 g/mol. The summed E-state index contributed by atoms with van der Waals surface area (Å²) in [6.45, 7) is 0.661. The molecule has 5 heteroatoms.